The fourth-order valence-electron chi connectivity index (χ4n) is 0.453. The third-order valence-electron chi connectivity index (χ3n) is 1.14. The quantitative estimate of drug-likeness (QED) is 0.373. The van der Waals surface area contributed by atoms with Crippen molar-refractivity contribution in [3.05, 3.63) is 0 Å². The Bertz CT molecular complexity index is 139. The van der Waals surface area contributed by atoms with Crippen LogP contribution < -0.4 is 0 Å². The number of rotatable bonds is 4. The maximum absolute atomic E-state index is 10.2. The Hall–Kier alpha value is -0.200. The topological polar surface area (TPSA) is 98.0 Å². The smallest absolute Gasteiger partial charge is 0.253 e. The molecule has 0 spiro atoms. The number of hydrogen-bond donors (Lipinski definition) is 4. The van der Waals surface area contributed by atoms with Crippen molar-refractivity contribution < 1.29 is 25.2 Å². The van der Waals surface area contributed by atoms with Crippen LogP contribution in [0.3, 0.4) is 0 Å². The number of aliphatic hydroxyl groups is 4. The summed E-state index contributed by atoms with van der Waals surface area (Å²) >= 11 is 4.78. The van der Waals surface area contributed by atoms with Crippen LogP contribution in [0.1, 0.15) is 0 Å². The molecule has 0 aromatic heterocycles. The molecule has 66 valence electrons. The normalized spacial score (nSPS) is 19.0. The number of carbonyl (C=O) groups is 1. The molecule has 5 nitrogen and oxygen atoms in total. The van der Waals surface area contributed by atoms with Crippen molar-refractivity contribution in [2.24, 2.45) is 0 Å². The molecule has 0 aliphatic heterocycles. The Morgan fingerprint density at radius 2 is 1.82 bits per heavy atom. The van der Waals surface area contributed by atoms with Crippen LogP contribution in [0.15, 0.2) is 0 Å². The maximum Gasteiger partial charge on any atom is 0.253 e. The summed E-state index contributed by atoms with van der Waals surface area (Å²) in [6.45, 7) is -0.748. The van der Waals surface area contributed by atoms with Gasteiger partial charge in [0.25, 0.3) is 5.24 Å². The standard InChI is InChI=1S/C5H9ClO5/c6-5(11)4(10)3(9)2(8)1-7/h2-4,7-10H,1H2/t2-,3-,4+/m1/s1. The minimum absolute atomic E-state index is 0.748. The van der Waals surface area contributed by atoms with Crippen molar-refractivity contribution in [2.75, 3.05) is 6.61 Å². The van der Waals surface area contributed by atoms with Crippen LogP contribution in [0.5, 0.6) is 0 Å². The molecule has 0 aromatic carbocycles. The van der Waals surface area contributed by atoms with Gasteiger partial charge in [-0.25, -0.2) is 0 Å². The second-order valence-electron chi connectivity index (χ2n) is 1.99. The van der Waals surface area contributed by atoms with Gasteiger partial charge in [-0.2, -0.15) is 0 Å². The van der Waals surface area contributed by atoms with Gasteiger partial charge >= 0.3 is 0 Å². The van der Waals surface area contributed by atoms with Gasteiger partial charge in [0, 0.05) is 0 Å². The van der Waals surface area contributed by atoms with Crippen molar-refractivity contribution in [1.29, 1.82) is 0 Å². The summed E-state index contributed by atoms with van der Waals surface area (Å²) in [5, 5.41) is 33.2. The van der Waals surface area contributed by atoms with Gasteiger partial charge in [0.05, 0.1) is 6.61 Å². The van der Waals surface area contributed by atoms with Gasteiger partial charge in [-0.05, 0) is 11.6 Å². The van der Waals surface area contributed by atoms with Crippen molar-refractivity contribution >= 4 is 16.8 Å². The highest BCUT2D eigenvalue weighted by Gasteiger charge is 2.28. The first-order valence-electron chi connectivity index (χ1n) is 2.85. The predicted octanol–water partition coefficient (Wildman–Crippen LogP) is -2.17. The Kier molecular flexibility index (Phi) is 4.55. The Labute approximate surface area is 67.8 Å². The molecule has 0 aromatic rings. The molecule has 4 N–H and O–H groups in total. The molecule has 6 heteroatoms. The highest BCUT2D eigenvalue weighted by atomic mass is 35.5. The SMILES string of the molecule is O=C(Cl)[C@@H](O)[C@H](O)[C@H](O)CO. The van der Waals surface area contributed by atoms with E-state index in [1.54, 1.807) is 0 Å². The molecule has 0 aliphatic rings. The van der Waals surface area contributed by atoms with Crippen LogP contribution in [0, 0.1) is 0 Å². The second-order valence-corrected chi connectivity index (χ2v) is 2.36. The summed E-state index contributed by atoms with van der Waals surface area (Å²) in [5.41, 5.74) is 0. The van der Waals surface area contributed by atoms with Gasteiger partial charge in [0.2, 0.25) is 0 Å². The molecule has 0 unspecified atom stereocenters. The molecule has 0 heterocycles. The Balaban J connectivity index is 4.00. The number of halogens is 1. The molecule has 0 radical (unpaired) electrons. The minimum atomic E-state index is -1.86. The van der Waals surface area contributed by atoms with Crippen LogP contribution in [0.25, 0.3) is 0 Å². The van der Waals surface area contributed by atoms with Gasteiger partial charge in [-0.15, -0.1) is 0 Å². The van der Waals surface area contributed by atoms with Gasteiger partial charge in [-0.3, -0.25) is 4.79 Å². The fourth-order valence-corrected chi connectivity index (χ4v) is 0.582. The van der Waals surface area contributed by atoms with E-state index < -0.39 is 30.2 Å². The molecular weight excluding hydrogens is 176 g/mol. The van der Waals surface area contributed by atoms with Gasteiger partial charge < -0.3 is 20.4 Å². The van der Waals surface area contributed by atoms with E-state index in [1.165, 1.54) is 0 Å². The van der Waals surface area contributed by atoms with E-state index in [4.69, 9.17) is 32.0 Å². The van der Waals surface area contributed by atoms with Crippen molar-refractivity contribution in [3.8, 4) is 0 Å². The molecule has 0 fully saturated rings. The van der Waals surface area contributed by atoms with Crippen LogP contribution in [-0.4, -0.2) is 50.6 Å². The van der Waals surface area contributed by atoms with E-state index in [1.807, 2.05) is 0 Å². The zero-order valence-electron chi connectivity index (χ0n) is 5.51. The van der Waals surface area contributed by atoms with Crippen LogP contribution in [0.2, 0.25) is 0 Å². The summed E-state index contributed by atoms with van der Waals surface area (Å²) < 4.78 is 0. The molecule has 3 atom stereocenters. The van der Waals surface area contributed by atoms with Crippen LogP contribution >= 0.6 is 11.6 Å². The monoisotopic (exact) mass is 184 g/mol. The molecule has 0 bridgehead atoms. The summed E-state index contributed by atoms with van der Waals surface area (Å²) in [4.78, 5) is 10.2. The van der Waals surface area contributed by atoms with Gasteiger partial charge in [0.15, 0.2) is 6.10 Å². The lowest BCUT2D eigenvalue weighted by Crippen LogP contribution is -2.42. The molecule has 11 heavy (non-hydrogen) atoms. The number of aliphatic hydroxyl groups excluding tert-OH is 4. The molecular formula is C5H9ClO5. The first-order valence-corrected chi connectivity index (χ1v) is 3.23. The zero-order chi connectivity index (χ0) is 9.02. The minimum Gasteiger partial charge on any atom is -0.394 e. The molecule has 0 saturated heterocycles. The molecule has 0 saturated carbocycles. The first-order chi connectivity index (χ1) is 5.00. The van der Waals surface area contributed by atoms with E-state index in [2.05, 4.69) is 0 Å². The predicted molar refractivity (Wildman–Crippen MR) is 36.0 cm³/mol. The lowest BCUT2D eigenvalue weighted by Gasteiger charge is -2.17. The van der Waals surface area contributed by atoms with Crippen LogP contribution in [0.4, 0.5) is 0 Å². The summed E-state index contributed by atoms with van der Waals surface area (Å²) in [7, 11) is 0. The highest BCUT2D eigenvalue weighted by molar-refractivity contribution is 6.64. The van der Waals surface area contributed by atoms with Crippen LogP contribution in [-0.2, 0) is 4.79 Å². The largest absolute Gasteiger partial charge is 0.394 e. The van der Waals surface area contributed by atoms with Crippen molar-refractivity contribution in [2.45, 2.75) is 18.3 Å². The fraction of sp³-hybridized carbons (Fsp3) is 0.800. The Morgan fingerprint density at radius 3 is 2.09 bits per heavy atom. The van der Waals surface area contributed by atoms with Crippen molar-refractivity contribution in [1.82, 2.24) is 0 Å². The zero-order valence-corrected chi connectivity index (χ0v) is 6.27. The third kappa shape index (κ3) is 3.13. The van der Waals surface area contributed by atoms with E-state index in [9.17, 15) is 4.79 Å². The van der Waals surface area contributed by atoms with E-state index in [-0.39, 0.29) is 0 Å². The maximum atomic E-state index is 10.2. The molecule has 0 rings (SSSR count). The average molecular weight is 185 g/mol. The number of carbonyl (C=O) groups excluding carboxylic acids is 1. The molecule has 0 aliphatic carbocycles. The third-order valence-corrected chi connectivity index (χ3v) is 1.36. The van der Waals surface area contributed by atoms with Gasteiger partial charge in [0.1, 0.15) is 12.2 Å². The highest BCUT2D eigenvalue weighted by Crippen LogP contribution is 2.02. The van der Waals surface area contributed by atoms with E-state index >= 15 is 0 Å². The van der Waals surface area contributed by atoms with Crippen molar-refractivity contribution in [3.63, 3.8) is 0 Å². The van der Waals surface area contributed by atoms with Gasteiger partial charge in [-0.1, -0.05) is 0 Å². The molecule has 0 amide bonds. The lowest BCUT2D eigenvalue weighted by atomic mass is 10.1. The number of hydrogen-bond acceptors (Lipinski definition) is 5. The van der Waals surface area contributed by atoms with E-state index in [0.717, 1.165) is 0 Å². The average Bonchev–Trinajstić information content (AvgIpc) is 2.00. The lowest BCUT2D eigenvalue weighted by molar-refractivity contribution is -0.132. The Morgan fingerprint density at radius 1 is 1.36 bits per heavy atom. The first kappa shape index (κ1) is 10.8. The summed E-state index contributed by atoms with van der Waals surface area (Å²) in [6, 6.07) is 0. The van der Waals surface area contributed by atoms with E-state index in [0.29, 0.717) is 0 Å². The summed E-state index contributed by atoms with van der Waals surface area (Å²) in [6.07, 6.45) is -5.17. The second kappa shape index (κ2) is 4.63. The summed E-state index contributed by atoms with van der Waals surface area (Å²) in [5.74, 6) is 0.